The Kier molecular flexibility index (Phi) is 4.58. The van der Waals surface area contributed by atoms with Crippen LogP contribution < -0.4 is 15.6 Å². The Bertz CT molecular complexity index is 634. The summed E-state index contributed by atoms with van der Waals surface area (Å²) in [6.45, 7) is 2.60. The van der Waals surface area contributed by atoms with Gasteiger partial charge in [-0.1, -0.05) is 12.1 Å². The van der Waals surface area contributed by atoms with Crippen molar-refractivity contribution < 1.29 is 4.74 Å². The molecule has 1 heterocycles. The van der Waals surface area contributed by atoms with E-state index in [9.17, 15) is 4.79 Å². The Hall–Kier alpha value is -2.07. The smallest absolute Gasteiger partial charge is 0.250 e. The Balaban J connectivity index is 2.38. The maximum Gasteiger partial charge on any atom is 0.250 e. The Morgan fingerprint density at radius 2 is 2.10 bits per heavy atom. The lowest BCUT2D eigenvalue weighted by atomic mass is 10.0. The fraction of sp³-hybridized carbons (Fsp3) is 0.312. The van der Waals surface area contributed by atoms with E-state index in [1.165, 1.54) is 5.56 Å². The highest BCUT2D eigenvalue weighted by atomic mass is 16.5. The van der Waals surface area contributed by atoms with Crippen molar-refractivity contribution in [2.24, 2.45) is 0 Å². The van der Waals surface area contributed by atoms with Gasteiger partial charge in [0.2, 0.25) is 0 Å². The van der Waals surface area contributed by atoms with Crippen molar-refractivity contribution in [1.82, 2.24) is 9.88 Å². The zero-order valence-electron chi connectivity index (χ0n) is 12.1. The molecule has 20 heavy (non-hydrogen) atoms. The molecule has 0 aliphatic carbocycles. The van der Waals surface area contributed by atoms with Crippen molar-refractivity contribution in [3.05, 3.63) is 64.1 Å². The second-order valence-electron chi connectivity index (χ2n) is 4.75. The normalized spacial score (nSPS) is 12.2. The first kappa shape index (κ1) is 14.3. The third kappa shape index (κ3) is 3.08. The van der Waals surface area contributed by atoms with E-state index >= 15 is 0 Å². The van der Waals surface area contributed by atoms with E-state index in [0.29, 0.717) is 6.54 Å². The van der Waals surface area contributed by atoms with Crippen LogP contribution in [0.5, 0.6) is 5.75 Å². The molecular formula is C16H20N2O2. The van der Waals surface area contributed by atoms with Gasteiger partial charge >= 0.3 is 0 Å². The second-order valence-corrected chi connectivity index (χ2v) is 4.75. The van der Waals surface area contributed by atoms with Crippen LogP contribution in [0.25, 0.3) is 0 Å². The molecule has 0 fully saturated rings. The van der Waals surface area contributed by atoms with Crippen LogP contribution in [0, 0.1) is 0 Å². The van der Waals surface area contributed by atoms with Crippen LogP contribution in [-0.4, -0.2) is 18.7 Å². The first-order valence-electron chi connectivity index (χ1n) is 6.65. The number of rotatable bonds is 5. The van der Waals surface area contributed by atoms with Crippen molar-refractivity contribution in [2.75, 3.05) is 14.2 Å². The molecular weight excluding hydrogens is 252 g/mol. The predicted octanol–water partition coefficient (Wildman–Crippen LogP) is 2.19. The number of ether oxygens (including phenoxy) is 1. The number of aromatic nitrogens is 1. The van der Waals surface area contributed by atoms with Gasteiger partial charge in [-0.25, -0.2) is 0 Å². The molecule has 4 nitrogen and oxygen atoms in total. The standard InChI is InChI=1S/C16H20N2O2/c1-12(17-2)13-7-8-15(20-3)14(10-13)11-18-9-5-4-6-16(18)19/h4-10,12,17H,11H2,1-3H3. The molecule has 0 aliphatic rings. The van der Waals surface area contributed by atoms with Gasteiger partial charge in [0.05, 0.1) is 13.7 Å². The summed E-state index contributed by atoms with van der Waals surface area (Å²) >= 11 is 0. The van der Waals surface area contributed by atoms with Crippen molar-refractivity contribution in [1.29, 1.82) is 0 Å². The molecule has 0 bridgehead atoms. The van der Waals surface area contributed by atoms with Gasteiger partial charge in [0.25, 0.3) is 5.56 Å². The molecule has 2 rings (SSSR count). The van der Waals surface area contributed by atoms with E-state index in [1.807, 2.05) is 25.2 Å². The van der Waals surface area contributed by atoms with E-state index in [2.05, 4.69) is 18.3 Å². The minimum atomic E-state index is -0.0124. The second kappa shape index (κ2) is 6.39. The summed E-state index contributed by atoms with van der Waals surface area (Å²) in [7, 11) is 3.57. The Labute approximate surface area is 119 Å². The van der Waals surface area contributed by atoms with Gasteiger partial charge in [0.15, 0.2) is 0 Å². The molecule has 0 saturated carbocycles. The number of benzene rings is 1. The van der Waals surface area contributed by atoms with Crippen LogP contribution in [-0.2, 0) is 6.54 Å². The van der Waals surface area contributed by atoms with E-state index < -0.39 is 0 Å². The fourth-order valence-electron chi connectivity index (χ4n) is 2.13. The summed E-state index contributed by atoms with van der Waals surface area (Å²) in [6.07, 6.45) is 1.79. The zero-order chi connectivity index (χ0) is 14.5. The van der Waals surface area contributed by atoms with Crippen LogP contribution in [0.15, 0.2) is 47.4 Å². The minimum absolute atomic E-state index is 0.0124. The predicted molar refractivity (Wildman–Crippen MR) is 80.3 cm³/mol. The number of nitrogens with one attached hydrogen (secondary N) is 1. The summed E-state index contributed by atoms with van der Waals surface area (Å²) in [5, 5.41) is 3.21. The summed E-state index contributed by atoms with van der Waals surface area (Å²) in [5.41, 5.74) is 2.16. The number of methoxy groups -OCH3 is 1. The SMILES string of the molecule is CNC(C)c1ccc(OC)c(Cn2ccccc2=O)c1. The minimum Gasteiger partial charge on any atom is -0.496 e. The highest BCUT2D eigenvalue weighted by Gasteiger charge is 2.09. The fourth-order valence-corrected chi connectivity index (χ4v) is 2.13. The lowest BCUT2D eigenvalue weighted by Crippen LogP contribution is -2.19. The van der Waals surface area contributed by atoms with Crippen LogP contribution in [0.2, 0.25) is 0 Å². The molecule has 4 heteroatoms. The van der Waals surface area contributed by atoms with Gasteiger partial charge in [-0.15, -0.1) is 0 Å². The summed E-state index contributed by atoms with van der Waals surface area (Å²) in [5.74, 6) is 0.799. The molecule has 0 saturated heterocycles. The van der Waals surface area contributed by atoms with E-state index in [4.69, 9.17) is 4.74 Å². The van der Waals surface area contributed by atoms with Gasteiger partial charge in [-0.3, -0.25) is 4.79 Å². The molecule has 0 spiro atoms. The van der Waals surface area contributed by atoms with Crippen molar-refractivity contribution in [2.45, 2.75) is 19.5 Å². The molecule has 1 unspecified atom stereocenters. The first-order chi connectivity index (χ1) is 9.65. The third-order valence-corrected chi connectivity index (χ3v) is 3.48. The largest absolute Gasteiger partial charge is 0.496 e. The number of hydrogen-bond donors (Lipinski definition) is 1. The quantitative estimate of drug-likeness (QED) is 0.907. The lowest BCUT2D eigenvalue weighted by Gasteiger charge is -2.15. The van der Waals surface area contributed by atoms with Gasteiger partial charge in [0.1, 0.15) is 5.75 Å². The van der Waals surface area contributed by atoms with E-state index in [1.54, 1.807) is 30.0 Å². The molecule has 1 atom stereocenters. The molecule has 1 aromatic heterocycles. The van der Waals surface area contributed by atoms with Gasteiger partial charge < -0.3 is 14.6 Å². The van der Waals surface area contributed by atoms with E-state index in [-0.39, 0.29) is 11.6 Å². The highest BCUT2D eigenvalue weighted by Crippen LogP contribution is 2.23. The molecule has 1 aromatic carbocycles. The van der Waals surface area contributed by atoms with Gasteiger partial charge in [-0.2, -0.15) is 0 Å². The Morgan fingerprint density at radius 3 is 2.75 bits per heavy atom. The monoisotopic (exact) mass is 272 g/mol. The third-order valence-electron chi connectivity index (χ3n) is 3.48. The summed E-state index contributed by atoms with van der Waals surface area (Å²) in [6, 6.07) is 11.5. The van der Waals surface area contributed by atoms with Crippen LogP contribution >= 0.6 is 0 Å². The van der Waals surface area contributed by atoms with Crippen molar-refractivity contribution in [3.63, 3.8) is 0 Å². The van der Waals surface area contributed by atoms with Crippen molar-refractivity contribution >= 4 is 0 Å². The first-order valence-corrected chi connectivity index (χ1v) is 6.65. The summed E-state index contributed by atoms with van der Waals surface area (Å²) < 4.78 is 7.06. The average molecular weight is 272 g/mol. The molecule has 106 valence electrons. The van der Waals surface area contributed by atoms with Crippen LogP contribution in [0.1, 0.15) is 24.1 Å². The molecule has 0 amide bonds. The zero-order valence-corrected chi connectivity index (χ0v) is 12.1. The number of hydrogen-bond acceptors (Lipinski definition) is 3. The topological polar surface area (TPSA) is 43.3 Å². The average Bonchev–Trinajstić information content (AvgIpc) is 2.48. The molecule has 0 aliphatic heterocycles. The maximum absolute atomic E-state index is 11.8. The van der Waals surface area contributed by atoms with Crippen molar-refractivity contribution in [3.8, 4) is 5.75 Å². The molecule has 1 N–H and O–H groups in total. The molecule has 2 aromatic rings. The van der Waals surface area contributed by atoms with E-state index in [0.717, 1.165) is 11.3 Å². The molecule has 0 radical (unpaired) electrons. The lowest BCUT2D eigenvalue weighted by molar-refractivity contribution is 0.407. The number of pyridine rings is 1. The maximum atomic E-state index is 11.8. The van der Waals surface area contributed by atoms with Gasteiger partial charge in [-0.05, 0) is 37.7 Å². The number of nitrogens with zero attached hydrogens (tertiary/aromatic N) is 1. The summed E-state index contributed by atoms with van der Waals surface area (Å²) in [4.78, 5) is 11.8. The van der Waals surface area contributed by atoms with Gasteiger partial charge in [0, 0.05) is 23.9 Å². The highest BCUT2D eigenvalue weighted by molar-refractivity contribution is 5.38. The van der Waals surface area contributed by atoms with Crippen LogP contribution in [0.3, 0.4) is 0 Å². The van der Waals surface area contributed by atoms with Crippen LogP contribution in [0.4, 0.5) is 0 Å². The Morgan fingerprint density at radius 1 is 1.30 bits per heavy atom.